The highest BCUT2D eigenvalue weighted by Gasteiger charge is 2.33. The number of benzene rings is 1. The average molecular weight is 337 g/mol. The number of nitrogens with zero attached hydrogens (tertiary/aromatic N) is 1. The van der Waals surface area contributed by atoms with Crippen molar-refractivity contribution in [1.29, 1.82) is 0 Å². The molecular weight excluding hydrogens is 328 g/mol. The molecule has 0 amide bonds. The van der Waals surface area contributed by atoms with Gasteiger partial charge in [-0.1, -0.05) is 15.9 Å². The Morgan fingerprint density at radius 3 is 3.05 bits per heavy atom. The van der Waals surface area contributed by atoms with E-state index in [1.807, 2.05) is 0 Å². The minimum atomic E-state index is -0.937. The van der Waals surface area contributed by atoms with Crippen molar-refractivity contribution in [2.75, 3.05) is 7.11 Å². The number of nitrogens with one attached hydrogen (secondary N) is 1. The van der Waals surface area contributed by atoms with E-state index in [9.17, 15) is 9.59 Å². The molecule has 1 aliphatic heterocycles. The van der Waals surface area contributed by atoms with Crippen LogP contribution in [-0.4, -0.2) is 23.0 Å². The number of fused-ring (bicyclic) bond motifs is 3. The third-order valence-corrected chi connectivity index (χ3v) is 3.49. The van der Waals surface area contributed by atoms with Gasteiger partial charge in [0.2, 0.25) is 6.10 Å². The molecule has 2 heterocycles. The van der Waals surface area contributed by atoms with Crippen molar-refractivity contribution in [3.63, 3.8) is 0 Å². The summed E-state index contributed by atoms with van der Waals surface area (Å²) in [4.78, 5) is 29.6. The molecule has 1 aromatic carbocycles. The molecule has 6 nitrogen and oxygen atoms in total. The van der Waals surface area contributed by atoms with E-state index in [1.54, 1.807) is 18.2 Å². The summed E-state index contributed by atoms with van der Waals surface area (Å²) in [5.41, 5.74) is 1.19. The van der Waals surface area contributed by atoms with Crippen LogP contribution in [0.5, 0.6) is 5.75 Å². The lowest BCUT2D eigenvalue weighted by Crippen LogP contribution is -2.26. The highest BCUT2D eigenvalue weighted by Crippen LogP contribution is 2.41. The standard InChI is InChI=1S/C13H9BrN2O4/c1-19-12(17)11-8-5-15-13(18)16-10(8)7-4-6(14)2-3-9(7)20-11/h2-5,11H,1H3,(H,15,16,18)/t11-/m1/s1. The van der Waals surface area contributed by atoms with Gasteiger partial charge in [0.25, 0.3) is 0 Å². The molecule has 0 saturated carbocycles. The van der Waals surface area contributed by atoms with Gasteiger partial charge in [-0.25, -0.2) is 14.6 Å². The largest absolute Gasteiger partial charge is 0.473 e. The maximum Gasteiger partial charge on any atom is 0.351 e. The van der Waals surface area contributed by atoms with Crippen molar-refractivity contribution >= 4 is 21.9 Å². The number of rotatable bonds is 1. The minimum Gasteiger partial charge on any atom is -0.473 e. The normalized spacial score (nSPS) is 15.8. The van der Waals surface area contributed by atoms with Crippen molar-refractivity contribution in [1.82, 2.24) is 9.97 Å². The molecule has 0 unspecified atom stereocenters. The number of halogens is 1. The summed E-state index contributed by atoms with van der Waals surface area (Å²) in [6.07, 6.45) is 0.396. The summed E-state index contributed by atoms with van der Waals surface area (Å²) >= 11 is 3.36. The van der Waals surface area contributed by atoms with E-state index >= 15 is 0 Å². The Balaban J connectivity index is 2.26. The van der Waals surface area contributed by atoms with Crippen molar-refractivity contribution in [3.8, 4) is 17.0 Å². The lowest BCUT2D eigenvalue weighted by atomic mass is 9.99. The number of H-pyrrole nitrogens is 1. The maximum atomic E-state index is 11.8. The first-order valence-electron chi connectivity index (χ1n) is 5.74. The van der Waals surface area contributed by atoms with E-state index in [0.717, 1.165) is 4.47 Å². The topological polar surface area (TPSA) is 81.3 Å². The molecule has 1 N–H and O–H groups in total. The van der Waals surface area contributed by atoms with E-state index in [1.165, 1.54) is 13.3 Å². The second-order valence-electron chi connectivity index (χ2n) is 4.18. The van der Waals surface area contributed by atoms with Gasteiger partial charge < -0.3 is 14.5 Å². The second-order valence-corrected chi connectivity index (χ2v) is 5.10. The van der Waals surface area contributed by atoms with Crippen LogP contribution in [0.15, 0.2) is 33.7 Å². The van der Waals surface area contributed by atoms with E-state index in [0.29, 0.717) is 22.6 Å². The molecular formula is C13H9BrN2O4. The Morgan fingerprint density at radius 2 is 2.30 bits per heavy atom. The van der Waals surface area contributed by atoms with Crippen LogP contribution in [0.2, 0.25) is 0 Å². The average Bonchev–Trinajstić information content (AvgIpc) is 2.45. The zero-order valence-corrected chi connectivity index (χ0v) is 11.9. The number of carbonyl (C=O) groups excluding carboxylic acids is 1. The zero-order chi connectivity index (χ0) is 14.3. The summed E-state index contributed by atoms with van der Waals surface area (Å²) in [6.45, 7) is 0. The van der Waals surface area contributed by atoms with E-state index in [2.05, 4.69) is 25.9 Å². The Bertz CT molecular complexity index is 756. The molecule has 0 aliphatic carbocycles. The van der Waals surface area contributed by atoms with E-state index in [-0.39, 0.29) is 0 Å². The number of esters is 1. The Morgan fingerprint density at radius 1 is 1.50 bits per heavy atom. The van der Waals surface area contributed by atoms with Crippen LogP contribution in [0, 0.1) is 0 Å². The van der Waals surface area contributed by atoms with Crippen LogP contribution in [-0.2, 0) is 9.53 Å². The predicted molar refractivity (Wildman–Crippen MR) is 73.4 cm³/mol. The van der Waals surface area contributed by atoms with Gasteiger partial charge in [0.1, 0.15) is 5.75 Å². The van der Waals surface area contributed by atoms with Gasteiger partial charge in [0.05, 0.1) is 12.8 Å². The van der Waals surface area contributed by atoms with Crippen molar-refractivity contribution in [2.45, 2.75) is 6.10 Å². The van der Waals surface area contributed by atoms with Crippen molar-refractivity contribution < 1.29 is 14.3 Å². The summed E-state index contributed by atoms with van der Waals surface area (Å²) in [7, 11) is 1.28. The molecule has 2 aromatic rings. The van der Waals surface area contributed by atoms with Crippen molar-refractivity contribution in [2.24, 2.45) is 0 Å². The van der Waals surface area contributed by atoms with Crippen molar-refractivity contribution in [3.05, 3.63) is 44.9 Å². The second kappa shape index (κ2) is 4.75. The van der Waals surface area contributed by atoms with Crippen LogP contribution < -0.4 is 10.4 Å². The summed E-state index contributed by atoms with van der Waals surface area (Å²) < 4.78 is 11.2. The van der Waals surface area contributed by atoms with Crippen LogP contribution >= 0.6 is 15.9 Å². The van der Waals surface area contributed by atoms with Crippen LogP contribution in [0.3, 0.4) is 0 Å². The lowest BCUT2D eigenvalue weighted by Gasteiger charge is -2.26. The Hall–Kier alpha value is -2.15. The molecule has 1 aliphatic rings. The maximum absolute atomic E-state index is 11.8. The third-order valence-electron chi connectivity index (χ3n) is 2.99. The number of ether oxygens (including phenoxy) is 2. The summed E-state index contributed by atoms with van der Waals surface area (Å²) in [6, 6.07) is 5.31. The monoisotopic (exact) mass is 336 g/mol. The zero-order valence-electron chi connectivity index (χ0n) is 10.3. The van der Waals surface area contributed by atoms with Gasteiger partial charge in [-0.05, 0) is 18.2 Å². The number of hydrogen-bond donors (Lipinski definition) is 1. The first-order chi connectivity index (χ1) is 9.60. The SMILES string of the molecule is COC(=O)[C@@H]1Oc2ccc(Br)cc2-c2[nH]c(=O)ncc21. The summed E-state index contributed by atoms with van der Waals surface area (Å²) in [5.74, 6) is -0.0494. The quantitative estimate of drug-likeness (QED) is 0.803. The molecule has 1 aromatic heterocycles. The Kier molecular flexibility index (Phi) is 3.06. The molecule has 7 heteroatoms. The highest BCUT2D eigenvalue weighted by atomic mass is 79.9. The number of hydrogen-bond acceptors (Lipinski definition) is 5. The van der Waals surface area contributed by atoms with Gasteiger partial charge in [-0.2, -0.15) is 0 Å². The molecule has 0 spiro atoms. The molecule has 0 radical (unpaired) electrons. The minimum absolute atomic E-state index is 0.474. The first kappa shape index (κ1) is 12.9. The fraction of sp³-hybridized carbons (Fsp3) is 0.154. The number of aromatic amines is 1. The van der Waals surface area contributed by atoms with Gasteiger partial charge >= 0.3 is 11.7 Å². The first-order valence-corrected chi connectivity index (χ1v) is 6.53. The molecule has 0 saturated heterocycles. The highest BCUT2D eigenvalue weighted by molar-refractivity contribution is 9.10. The van der Waals surface area contributed by atoms with Crippen LogP contribution in [0.4, 0.5) is 0 Å². The molecule has 1 atom stereocenters. The third kappa shape index (κ3) is 2.00. The molecule has 0 bridgehead atoms. The number of aromatic nitrogens is 2. The van der Waals surface area contributed by atoms with Gasteiger partial charge in [0.15, 0.2) is 0 Å². The summed E-state index contributed by atoms with van der Waals surface area (Å²) in [5, 5.41) is 0. The lowest BCUT2D eigenvalue weighted by molar-refractivity contribution is -0.149. The fourth-order valence-electron chi connectivity index (χ4n) is 2.10. The molecule has 0 fully saturated rings. The van der Waals surface area contributed by atoms with Crippen LogP contribution in [0.25, 0.3) is 11.3 Å². The molecule has 3 rings (SSSR count). The molecule has 102 valence electrons. The van der Waals surface area contributed by atoms with E-state index in [4.69, 9.17) is 9.47 Å². The Labute approximate surface area is 121 Å². The molecule has 20 heavy (non-hydrogen) atoms. The smallest absolute Gasteiger partial charge is 0.351 e. The van der Waals surface area contributed by atoms with E-state index < -0.39 is 17.8 Å². The van der Waals surface area contributed by atoms with Crippen LogP contribution in [0.1, 0.15) is 11.7 Å². The number of carbonyl (C=O) groups is 1. The van der Waals surface area contributed by atoms with Gasteiger partial charge in [0, 0.05) is 21.8 Å². The van der Waals surface area contributed by atoms with Gasteiger partial charge in [-0.3, -0.25) is 0 Å². The predicted octanol–water partition coefficient (Wildman–Crippen LogP) is 1.81. The fourth-order valence-corrected chi connectivity index (χ4v) is 2.46. The number of methoxy groups -OCH3 is 1. The van der Waals surface area contributed by atoms with Gasteiger partial charge in [-0.15, -0.1) is 0 Å².